The Morgan fingerprint density at radius 1 is 1.14 bits per heavy atom. The molecule has 1 saturated heterocycles. The summed E-state index contributed by atoms with van der Waals surface area (Å²) >= 11 is 0. The Balaban J connectivity index is 1.42. The van der Waals surface area contributed by atoms with Crippen molar-refractivity contribution in [2.24, 2.45) is 0 Å². The van der Waals surface area contributed by atoms with Gasteiger partial charge in [0.1, 0.15) is 0 Å². The highest BCUT2D eigenvalue weighted by molar-refractivity contribution is 5.51. The van der Waals surface area contributed by atoms with Crippen molar-refractivity contribution in [2.75, 3.05) is 25.5 Å². The maximum Gasteiger partial charge on any atom is 0.168 e. The molecule has 1 spiro atoms. The van der Waals surface area contributed by atoms with E-state index in [0.29, 0.717) is 6.04 Å². The molecule has 21 heavy (non-hydrogen) atoms. The zero-order valence-electron chi connectivity index (χ0n) is 12.5. The Labute approximate surface area is 126 Å². The summed E-state index contributed by atoms with van der Waals surface area (Å²) in [6.07, 6.45) is 5.52. The van der Waals surface area contributed by atoms with E-state index in [9.17, 15) is 0 Å². The summed E-state index contributed by atoms with van der Waals surface area (Å²) in [5, 5.41) is 0. The molecule has 0 bridgehead atoms. The SMILES string of the molecule is Nc1cccc2c1CCN(C1CCC3(CC1)OCCO3)C2. The fourth-order valence-electron chi connectivity index (χ4n) is 4.17. The van der Waals surface area contributed by atoms with E-state index < -0.39 is 0 Å². The quantitative estimate of drug-likeness (QED) is 0.806. The predicted molar refractivity (Wildman–Crippen MR) is 81.9 cm³/mol. The highest BCUT2D eigenvalue weighted by Crippen LogP contribution is 2.38. The topological polar surface area (TPSA) is 47.7 Å². The Morgan fingerprint density at radius 2 is 1.90 bits per heavy atom. The Kier molecular flexibility index (Phi) is 3.40. The third-order valence-corrected chi connectivity index (χ3v) is 5.38. The zero-order chi connectivity index (χ0) is 14.3. The molecule has 1 aromatic carbocycles. The van der Waals surface area contributed by atoms with E-state index in [4.69, 9.17) is 15.2 Å². The minimum absolute atomic E-state index is 0.241. The number of hydrogen-bond acceptors (Lipinski definition) is 4. The van der Waals surface area contributed by atoms with Crippen molar-refractivity contribution < 1.29 is 9.47 Å². The number of nitrogens with two attached hydrogens (primary N) is 1. The summed E-state index contributed by atoms with van der Waals surface area (Å²) in [6, 6.07) is 6.99. The van der Waals surface area contributed by atoms with Gasteiger partial charge in [-0.15, -0.1) is 0 Å². The summed E-state index contributed by atoms with van der Waals surface area (Å²) in [7, 11) is 0. The van der Waals surface area contributed by atoms with Crippen LogP contribution in [0.4, 0.5) is 5.69 Å². The van der Waals surface area contributed by atoms with Crippen LogP contribution in [0.25, 0.3) is 0 Å². The van der Waals surface area contributed by atoms with Crippen LogP contribution in [0.3, 0.4) is 0 Å². The summed E-state index contributed by atoms with van der Waals surface area (Å²) in [6.45, 7) is 3.70. The minimum Gasteiger partial charge on any atom is -0.398 e. The molecule has 0 radical (unpaired) electrons. The molecule has 0 unspecified atom stereocenters. The molecule has 2 N–H and O–H groups in total. The molecule has 3 aliphatic rings. The van der Waals surface area contributed by atoms with Gasteiger partial charge in [0.15, 0.2) is 5.79 Å². The van der Waals surface area contributed by atoms with Crippen LogP contribution in [0.2, 0.25) is 0 Å². The molecule has 0 atom stereocenters. The standard InChI is InChI=1S/C17H24N2O2/c18-16-3-1-2-13-12-19(9-6-15(13)16)14-4-7-17(8-5-14)20-10-11-21-17/h1-3,14H,4-12,18H2. The minimum atomic E-state index is -0.241. The van der Waals surface area contributed by atoms with Gasteiger partial charge in [0, 0.05) is 37.7 Å². The fraction of sp³-hybridized carbons (Fsp3) is 0.647. The zero-order valence-corrected chi connectivity index (χ0v) is 12.5. The molecule has 4 rings (SSSR count). The molecule has 2 fully saturated rings. The lowest BCUT2D eigenvalue weighted by molar-refractivity contribution is -0.184. The maximum atomic E-state index is 6.09. The molecule has 1 aromatic rings. The summed E-state index contributed by atoms with van der Waals surface area (Å²) in [4.78, 5) is 2.63. The Hall–Kier alpha value is -1.10. The predicted octanol–water partition coefficient (Wildman–Crippen LogP) is 2.31. The lowest BCUT2D eigenvalue weighted by atomic mass is 9.87. The second-order valence-electron chi connectivity index (χ2n) is 6.54. The largest absolute Gasteiger partial charge is 0.398 e. The van der Waals surface area contributed by atoms with Crippen LogP contribution < -0.4 is 5.73 Å². The second kappa shape index (κ2) is 5.27. The number of nitrogen functional groups attached to an aromatic ring is 1. The van der Waals surface area contributed by atoms with Crippen molar-refractivity contribution in [1.29, 1.82) is 0 Å². The molecule has 4 nitrogen and oxygen atoms in total. The number of anilines is 1. The summed E-state index contributed by atoms with van der Waals surface area (Å²) < 4.78 is 11.7. The molecule has 0 amide bonds. The van der Waals surface area contributed by atoms with E-state index in [0.717, 1.165) is 51.3 Å². The van der Waals surface area contributed by atoms with E-state index in [1.54, 1.807) is 0 Å². The van der Waals surface area contributed by atoms with Crippen LogP contribution in [-0.4, -0.2) is 36.5 Å². The van der Waals surface area contributed by atoms with Crippen LogP contribution in [0, 0.1) is 0 Å². The first kappa shape index (κ1) is 13.6. The van der Waals surface area contributed by atoms with Gasteiger partial charge in [0.2, 0.25) is 0 Å². The third kappa shape index (κ3) is 2.45. The average molecular weight is 288 g/mol. The van der Waals surface area contributed by atoms with Gasteiger partial charge in [-0.1, -0.05) is 12.1 Å². The van der Waals surface area contributed by atoms with Gasteiger partial charge in [-0.25, -0.2) is 0 Å². The second-order valence-corrected chi connectivity index (χ2v) is 6.54. The van der Waals surface area contributed by atoms with Gasteiger partial charge in [0.25, 0.3) is 0 Å². The monoisotopic (exact) mass is 288 g/mol. The maximum absolute atomic E-state index is 6.09. The van der Waals surface area contributed by atoms with Crippen LogP contribution in [-0.2, 0) is 22.4 Å². The Bertz CT molecular complexity index is 516. The number of benzene rings is 1. The van der Waals surface area contributed by atoms with Gasteiger partial charge in [0.05, 0.1) is 13.2 Å². The number of ether oxygens (including phenoxy) is 2. The normalized spacial score (nSPS) is 26.1. The third-order valence-electron chi connectivity index (χ3n) is 5.38. The van der Waals surface area contributed by atoms with Crippen molar-refractivity contribution in [3.63, 3.8) is 0 Å². The first-order valence-corrected chi connectivity index (χ1v) is 8.14. The van der Waals surface area contributed by atoms with E-state index in [2.05, 4.69) is 17.0 Å². The highest BCUT2D eigenvalue weighted by atomic mass is 16.7. The number of nitrogens with zero attached hydrogens (tertiary/aromatic N) is 1. The first-order valence-electron chi connectivity index (χ1n) is 8.14. The summed E-state index contributed by atoms with van der Waals surface area (Å²) in [5.74, 6) is -0.241. The van der Waals surface area contributed by atoms with E-state index in [1.807, 2.05) is 6.07 Å². The average Bonchev–Trinajstić information content (AvgIpc) is 2.96. The highest BCUT2D eigenvalue weighted by Gasteiger charge is 2.41. The van der Waals surface area contributed by atoms with Gasteiger partial charge in [-0.3, -0.25) is 4.90 Å². The van der Waals surface area contributed by atoms with Crippen molar-refractivity contribution in [1.82, 2.24) is 4.90 Å². The van der Waals surface area contributed by atoms with Crippen molar-refractivity contribution in [3.05, 3.63) is 29.3 Å². The molecular formula is C17H24N2O2. The van der Waals surface area contributed by atoms with Gasteiger partial charge < -0.3 is 15.2 Å². The molecule has 1 saturated carbocycles. The van der Waals surface area contributed by atoms with Crippen LogP contribution in [0.1, 0.15) is 36.8 Å². The number of rotatable bonds is 1. The molecule has 1 aliphatic carbocycles. The smallest absolute Gasteiger partial charge is 0.168 e. The Morgan fingerprint density at radius 3 is 2.67 bits per heavy atom. The first-order chi connectivity index (χ1) is 10.3. The molecular weight excluding hydrogens is 264 g/mol. The van der Waals surface area contributed by atoms with E-state index in [-0.39, 0.29) is 5.79 Å². The van der Waals surface area contributed by atoms with Crippen molar-refractivity contribution in [3.8, 4) is 0 Å². The van der Waals surface area contributed by atoms with E-state index in [1.165, 1.54) is 24.0 Å². The number of hydrogen-bond donors (Lipinski definition) is 1. The summed E-state index contributed by atoms with van der Waals surface area (Å²) in [5.41, 5.74) is 9.83. The van der Waals surface area contributed by atoms with Gasteiger partial charge >= 0.3 is 0 Å². The molecule has 0 aromatic heterocycles. The van der Waals surface area contributed by atoms with Crippen LogP contribution in [0.15, 0.2) is 18.2 Å². The van der Waals surface area contributed by atoms with Crippen LogP contribution in [0.5, 0.6) is 0 Å². The number of fused-ring (bicyclic) bond motifs is 1. The van der Waals surface area contributed by atoms with Crippen LogP contribution >= 0.6 is 0 Å². The molecule has 2 aliphatic heterocycles. The molecule has 4 heteroatoms. The van der Waals surface area contributed by atoms with Crippen molar-refractivity contribution in [2.45, 2.75) is 50.5 Å². The molecule has 2 heterocycles. The van der Waals surface area contributed by atoms with E-state index >= 15 is 0 Å². The fourth-order valence-corrected chi connectivity index (χ4v) is 4.17. The van der Waals surface area contributed by atoms with Gasteiger partial charge in [-0.2, -0.15) is 0 Å². The lowest BCUT2D eigenvalue weighted by Gasteiger charge is -2.42. The lowest BCUT2D eigenvalue weighted by Crippen LogP contribution is -2.45. The van der Waals surface area contributed by atoms with Crippen molar-refractivity contribution >= 4 is 5.69 Å². The van der Waals surface area contributed by atoms with Gasteiger partial charge in [-0.05, 0) is 36.5 Å². The molecule has 114 valence electrons.